The second kappa shape index (κ2) is 4.92. The van der Waals surface area contributed by atoms with Gasteiger partial charge in [-0.05, 0) is 31.2 Å². The van der Waals surface area contributed by atoms with E-state index < -0.39 is 11.6 Å². The van der Waals surface area contributed by atoms with Crippen LogP contribution in [0.3, 0.4) is 0 Å². The first-order valence-electron chi connectivity index (χ1n) is 6.26. The molecule has 3 rings (SSSR count). The zero-order chi connectivity index (χ0) is 14.1. The molecule has 0 spiro atoms. The Hall–Kier alpha value is -2.43. The molecule has 3 aromatic rings. The quantitative estimate of drug-likeness (QED) is 0.786. The van der Waals surface area contributed by atoms with Crippen LogP contribution in [0.25, 0.3) is 22.4 Å². The summed E-state index contributed by atoms with van der Waals surface area (Å²) in [5.74, 6) is -1.36. The van der Waals surface area contributed by atoms with Crippen LogP contribution in [0.4, 0.5) is 8.78 Å². The first kappa shape index (κ1) is 12.6. The number of para-hydroxylation sites is 2. The molecule has 20 heavy (non-hydrogen) atoms. The van der Waals surface area contributed by atoms with Crippen molar-refractivity contribution in [1.82, 2.24) is 9.97 Å². The number of H-pyrrole nitrogens is 1. The van der Waals surface area contributed by atoms with Crippen molar-refractivity contribution in [2.45, 2.75) is 6.92 Å². The first-order valence-corrected chi connectivity index (χ1v) is 6.26. The summed E-state index contributed by atoms with van der Waals surface area (Å²) >= 11 is 0. The molecule has 3 nitrogen and oxygen atoms in total. The smallest absolute Gasteiger partial charge is 0.173 e. The summed E-state index contributed by atoms with van der Waals surface area (Å²) in [6.07, 6.45) is 0. The van der Waals surface area contributed by atoms with E-state index in [9.17, 15) is 8.78 Å². The van der Waals surface area contributed by atoms with Gasteiger partial charge in [0, 0.05) is 0 Å². The van der Waals surface area contributed by atoms with Gasteiger partial charge in [0.05, 0.1) is 23.2 Å². The van der Waals surface area contributed by atoms with Crippen molar-refractivity contribution in [3.05, 3.63) is 48.0 Å². The van der Waals surface area contributed by atoms with E-state index in [0.29, 0.717) is 12.1 Å². The molecule has 0 aliphatic heterocycles. The maximum absolute atomic E-state index is 14.1. The van der Waals surface area contributed by atoms with Crippen molar-refractivity contribution in [2.24, 2.45) is 0 Å². The third-order valence-electron chi connectivity index (χ3n) is 2.98. The van der Waals surface area contributed by atoms with Crippen LogP contribution < -0.4 is 4.74 Å². The topological polar surface area (TPSA) is 37.9 Å². The molecule has 1 heterocycles. The predicted molar refractivity (Wildman–Crippen MR) is 72.6 cm³/mol. The molecule has 0 bridgehead atoms. The fraction of sp³-hybridized carbons (Fsp3) is 0.133. The number of ether oxygens (including phenoxy) is 1. The number of halogens is 2. The lowest BCUT2D eigenvalue weighted by Gasteiger charge is -2.09. The largest absolute Gasteiger partial charge is 0.493 e. The van der Waals surface area contributed by atoms with E-state index in [1.165, 1.54) is 6.07 Å². The maximum Gasteiger partial charge on any atom is 0.173 e. The van der Waals surface area contributed by atoms with Crippen molar-refractivity contribution in [1.29, 1.82) is 0 Å². The highest BCUT2D eigenvalue weighted by molar-refractivity contribution is 5.80. The van der Waals surface area contributed by atoms with E-state index in [2.05, 4.69) is 9.97 Å². The highest BCUT2D eigenvalue weighted by Gasteiger charge is 2.19. The molecular formula is C15H12F2N2O. The van der Waals surface area contributed by atoms with Crippen molar-refractivity contribution >= 4 is 11.0 Å². The Morgan fingerprint density at radius 2 is 1.95 bits per heavy atom. The molecule has 102 valence electrons. The van der Waals surface area contributed by atoms with Crippen LogP contribution >= 0.6 is 0 Å². The number of aromatic nitrogens is 2. The number of nitrogens with one attached hydrogen (secondary N) is 1. The molecule has 1 N–H and O–H groups in total. The van der Waals surface area contributed by atoms with E-state index in [4.69, 9.17) is 4.74 Å². The number of imidazole rings is 1. The zero-order valence-corrected chi connectivity index (χ0v) is 10.8. The van der Waals surface area contributed by atoms with E-state index in [0.717, 1.165) is 11.6 Å². The van der Waals surface area contributed by atoms with Gasteiger partial charge in [-0.2, -0.15) is 0 Å². The lowest BCUT2D eigenvalue weighted by Crippen LogP contribution is -1.99. The number of aromatic amines is 1. The maximum atomic E-state index is 14.1. The summed E-state index contributed by atoms with van der Waals surface area (Å²) in [6, 6.07) is 9.75. The van der Waals surface area contributed by atoms with Crippen molar-refractivity contribution in [2.75, 3.05) is 6.61 Å². The van der Waals surface area contributed by atoms with Crippen molar-refractivity contribution in [3.8, 4) is 17.1 Å². The highest BCUT2D eigenvalue weighted by Crippen LogP contribution is 2.33. The highest BCUT2D eigenvalue weighted by atomic mass is 19.2. The minimum Gasteiger partial charge on any atom is -0.493 e. The van der Waals surface area contributed by atoms with Crippen LogP contribution in [0, 0.1) is 11.6 Å². The molecule has 0 unspecified atom stereocenters. The van der Waals surface area contributed by atoms with Gasteiger partial charge in [-0.1, -0.05) is 12.1 Å². The minimum atomic E-state index is -0.963. The lowest BCUT2D eigenvalue weighted by atomic mass is 10.1. The van der Waals surface area contributed by atoms with Gasteiger partial charge in [0.25, 0.3) is 0 Å². The molecule has 5 heteroatoms. The van der Waals surface area contributed by atoms with Gasteiger partial charge >= 0.3 is 0 Å². The third kappa shape index (κ3) is 2.01. The van der Waals surface area contributed by atoms with Crippen LogP contribution in [0.1, 0.15) is 6.92 Å². The molecule has 0 saturated heterocycles. The molecule has 0 fully saturated rings. The van der Waals surface area contributed by atoms with Gasteiger partial charge < -0.3 is 9.72 Å². The van der Waals surface area contributed by atoms with Gasteiger partial charge in [-0.3, -0.25) is 0 Å². The van der Waals surface area contributed by atoms with Crippen LogP contribution in [0.2, 0.25) is 0 Å². The number of benzene rings is 2. The van der Waals surface area contributed by atoms with E-state index in [1.807, 2.05) is 18.2 Å². The molecule has 2 aromatic carbocycles. The average Bonchev–Trinajstić information content (AvgIpc) is 2.86. The SMILES string of the molecule is CCOc1ccc(F)c(F)c1-c1nc2ccccc2[nH]1. The first-order chi connectivity index (χ1) is 9.70. The monoisotopic (exact) mass is 274 g/mol. The predicted octanol–water partition coefficient (Wildman–Crippen LogP) is 3.91. The Morgan fingerprint density at radius 3 is 2.70 bits per heavy atom. The number of nitrogens with zero attached hydrogens (tertiary/aromatic N) is 1. The summed E-state index contributed by atoms with van der Waals surface area (Å²) in [6.45, 7) is 2.14. The summed E-state index contributed by atoms with van der Waals surface area (Å²) in [5, 5.41) is 0. The lowest BCUT2D eigenvalue weighted by molar-refractivity contribution is 0.338. The number of hydrogen-bond donors (Lipinski definition) is 1. The van der Waals surface area contributed by atoms with Gasteiger partial charge in [0.2, 0.25) is 0 Å². The summed E-state index contributed by atoms with van der Waals surface area (Å²) < 4.78 is 32.9. The second-order valence-electron chi connectivity index (χ2n) is 4.27. The molecule has 0 saturated carbocycles. The minimum absolute atomic E-state index is 0.0167. The zero-order valence-electron chi connectivity index (χ0n) is 10.8. The van der Waals surface area contributed by atoms with E-state index in [-0.39, 0.29) is 17.1 Å². The number of fused-ring (bicyclic) bond motifs is 1. The van der Waals surface area contributed by atoms with E-state index >= 15 is 0 Å². The van der Waals surface area contributed by atoms with Gasteiger partial charge in [0.15, 0.2) is 11.6 Å². The van der Waals surface area contributed by atoms with Crippen LogP contribution in [0.5, 0.6) is 5.75 Å². The average molecular weight is 274 g/mol. The van der Waals surface area contributed by atoms with Crippen LogP contribution in [-0.4, -0.2) is 16.6 Å². The second-order valence-corrected chi connectivity index (χ2v) is 4.27. The third-order valence-corrected chi connectivity index (χ3v) is 2.98. The Labute approximate surface area is 114 Å². The Bertz CT molecular complexity index is 735. The standard InChI is InChI=1S/C15H12F2N2O/c1-2-20-12-8-7-9(16)14(17)13(12)15-18-10-5-3-4-6-11(10)19-15/h3-8H,2H2,1H3,(H,18,19). The molecule has 0 radical (unpaired) electrons. The Kier molecular flexibility index (Phi) is 3.10. The summed E-state index contributed by atoms with van der Waals surface area (Å²) in [5.41, 5.74) is 1.46. The molecule has 0 aliphatic carbocycles. The van der Waals surface area contributed by atoms with Gasteiger partial charge in [-0.25, -0.2) is 13.8 Å². The summed E-state index contributed by atoms with van der Waals surface area (Å²) in [4.78, 5) is 7.27. The van der Waals surface area contributed by atoms with E-state index in [1.54, 1.807) is 13.0 Å². The van der Waals surface area contributed by atoms with Crippen LogP contribution in [-0.2, 0) is 0 Å². The van der Waals surface area contributed by atoms with Gasteiger partial charge in [0.1, 0.15) is 11.6 Å². The Morgan fingerprint density at radius 1 is 1.15 bits per heavy atom. The molecule has 0 atom stereocenters. The molecule has 1 aromatic heterocycles. The molecule has 0 aliphatic rings. The summed E-state index contributed by atoms with van der Waals surface area (Å²) in [7, 11) is 0. The molecular weight excluding hydrogens is 262 g/mol. The van der Waals surface area contributed by atoms with Crippen LogP contribution in [0.15, 0.2) is 36.4 Å². The number of rotatable bonds is 3. The molecule has 0 amide bonds. The Balaban J connectivity index is 2.23. The van der Waals surface area contributed by atoms with Crippen molar-refractivity contribution < 1.29 is 13.5 Å². The number of hydrogen-bond acceptors (Lipinski definition) is 2. The fourth-order valence-electron chi connectivity index (χ4n) is 2.10. The fourth-order valence-corrected chi connectivity index (χ4v) is 2.10. The van der Waals surface area contributed by atoms with Crippen molar-refractivity contribution in [3.63, 3.8) is 0 Å². The normalized spacial score (nSPS) is 10.9. The van der Waals surface area contributed by atoms with Gasteiger partial charge in [-0.15, -0.1) is 0 Å².